The summed E-state index contributed by atoms with van der Waals surface area (Å²) in [4.78, 5) is 10.5. The topological polar surface area (TPSA) is 17.1 Å². The molecule has 0 atom stereocenters. The Kier molecular flexibility index (Phi) is 6.18. The zero-order valence-electron chi connectivity index (χ0n) is 3.97. The number of hydrogen-bond donors (Lipinski definition) is 0. The lowest BCUT2D eigenvalue weighted by atomic mass is 10.4. The lowest BCUT2D eigenvalue weighted by Gasteiger charge is -1.73. The van der Waals surface area contributed by atoms with Gasteiger partial charge < -0.3 is 0 Å². The third kappa shape index (κ3) is 4.76. The monoisotopic (exact) mass is 334 g/mol. The van der Waals surface area contributed by atoms with E-state index in [1.54, 1.807) is 8.17 Å². The molecule has 0 radical (unpaired) electrons. The van der Waals surface area contributed by atoms with Gasteiger partial charge in [0.2, 0.25) is 0 Å². The van der Waals surface area contributed by atoms with Gasteiger partial charge >= 0.3 is 0 Å². The predicted octanol–water partition coefficient (Wildman–Crippen LogP) is 2.45. The number of hydrogen-bond acceptors (Lipinski definition) is 1. The molecule has 0 unspecified atom stereocenters. The van der Waals surface area contributed by atoms with Crippen LogP contribution in [0.25, 0.3) is 0 Å². The maximum absolute atomic E-state index is 10.5. The lowest BCUT2D eigenvalue weighted by molar-refractivity contribution is -0.110. The first-order chi connectivity index (χ1) is 3.81. The van der Waals surface area contributed by atoms with Crippen LogP contribution in [0.3, 0.4) is 0 Å². The van der Waals surface area contributed by atoms with Gasteiger partial charge in [0.25, 0.3) is 0 Å². The number of halogens is 2. The first kappa shape index (κ1) is 8.61. The molecule has 44 valence electrons. The number of carbonyl (C=O) groups is 1. The highest BCUT2D eigenvalue weighted by molar-refractivity contribution is 14.1. The van der Waals surface area contributed by atoms with E-state index in [0.717, 1.165) is 0 Å². The van der Waals surface area contributed by atoms with Crippen molar-refractivity contribution in [3.8, 4) is 0 Å². The molecule has 1 nitrogen and oxygen atoms in total. The summed E-state index contributed by atoms with van der Waals surface area (Å²) in [5.41, 5.74) is 0. The van der Waals surface area contributed by atoms with Gasteiger partial charge in [0.05, 0.1) is 0 Å². The predicted molar refractivity (Wildman–Crippen MR) is 51.3 cm³/mol. The van der Waals surface area contributed by atoms with Gasteiger partial charge in [-0.25, -0.2) is 0 Å². The largest absolute Gasteiger partial charge is 0.290 e. The van der Waals surface area contributed by atoms with Crippen LogP contribution in [0, 0.1) is 0 Å². The Balaban J connectivity index is 3.66. The Morgan fingerprint density at radius 1 is 1.12 bits per heavy atom. The minimum atomic E-state index is 0.0359. The molecular formula is C5H4I2O. The molecule has 8 heavy (non-hydrogen) atoms. The van der Waals surface area contributed by atoms with Crippen LogP contribution in [0.2, 0.25) is 0 Å². The molecule has 0 heterocycles. The van der Waals surface area contributed by atoms with Crippen LogP contribution < -0.4 is 0 Å². The highest BCUT2D eigenvalue weighted by atomic mass is 127. The van der Waals surface area contributed by atoms with Crippen LogP contribution in [-0.4, -0.2) is 5.78 Å². The van der Waals surface area contributed by atoms with E-state index in [2.05, 4.69) is 0 Å². The summed E-state index contributed by atoms with van der Waals surface area (Å²) >= 11 is 4.01. The van der Waals surface area contributed by atoms with Crippen LogP contribution in [-0.2, 0) is 4.79 Å². The summed E-state index contributed by atoms with van der Waals surface area (Å²) in [6.07, 6.45) is 3.02. The second kappa shape index (κ2) is 5.74. The van der Waals surface area contributed by atoms with E-state index >= 15 is 0 Å². The fourth-order valence-corrected chi connectivity index (χ4v) is 0.889. The lowest BCUT2D eigenvalue weighted by Crippen LogP contribution is -1.80. The fourth-order valence-electron chi connectivity index (χ4n) is 0.180. The normalized spacial score (nSPS) is 11.2. The highest BCUT2D eigenvalue weighted by Gasteiger charge is 1.81. The molecule has 0 saturated carbocycles. The third-order valence-electron chi connectivity index (χ3n) is 0.455. The average Bonchev–Trinajstić information content (AvgIpc) is 1.68. The quantitative estimate of drug-likeness (QED) is 0.560. The molecule has 0 aliphatic heterocycles. The molecular weight excluding hydrogens is 330 g/mol. The van der Waals surface area contributed by atoms with Crippen molar-refractivity contribution < 1.29 is 4.79 Å². The zero-order chi connectivity index (χ0) is 6.41. The first-order valence-electron chi connectivity index (χ1n) is 1.88. The Labute approximate surface area is 75.5 Å². The molecule has 0 saturated heterocycles. The number of rotatable bonds is 2. The van der Waals surface area contributed by atoms with Gasteiger partial charge in [0.1, 0.15) is 0 Å². The molecule has 0 rings (SSSR count). The number of allylic oxidation sites excluding steroid dienone is 2. The van der Waals surface area contributed by atoms with Gasteiger partial charge in [-0.05, 0) is 20.3 Å². The van der Waals surface area contributed by atoms with E-state index < -0.39 is 0 Å². The van der Waals surface area contributed by atoms with Gasteiger partial charge in [-0.15, -0.1) is 0 Å². The van der Waals surface area contributed by atoms with E-state index in [1.165, 1.54) is 12.2 Å². The SMILES string of the molecule is O=C(C=CI)C=CI. The molecule has 3 heteroatoms. The second-order valence-corrected chi connectivity index (χ2v) is 2.43. The molecule has 0 aliphatic rings. The molecule has 0 N–H and O–H groups in total. The van der Waals surface area contributed by atoms with Crippen molar-refractivity contribution in [3.63, 3.8) is 0 Å². The van der Waals surface area contributed by atoms with Gasteiger partial charge in [0.15, 0.2) is 5.78 Å². The molecule has 0 aliphatic carbocycles. The van der Waals surface area contributed by atoms with Crippen molar-refractivity contribution in [2.45, 2.75) is 0 Å². The van der Waals surface area contributed by atoms with E-state index in [-0.39, 0.29) is 5.78 Å². The maximum atomic E-state index is 10.5. The van der Waals surface area contributed by atoms with E-state index in [4.69, 9.17) is 0 Å². The summed E-state index contributed by atoms with van der Waals surface area (Å²) < 4.78 is 3.38. The third-order valence-corrected chi connectivity index (χ3v) is 1.17. The van der Waals surface area contributed by atoms with Crippen molar-refractivity contribution in [1.82, 2.24) is 0 Å². The van der Waals surface area contributed by atoms with E-state index in [0.29, 0.717) is 0 Å². The summed E-state index contributed by atoms with van der Waals surface area (Å²) in [6, 6.07) is 0. The first-order valence-corrected chi connectivity index (χ1v) is 4.38. The standard InChI is InChI=1S/C5H4I2O/c6-3-1-5(8)2-4-7/h1-4H. The van der Waals surface area contributed by atoms with Crippen LogP contribution in [0.1, 0.15) is 0 Å². The molecule has 0 spiro atoms. The molecule has 0 aromatic carbocycles. The van der Waals surface area contributed by atoms with Gasteiger partial charge in [-0.3, -0.25) is 4.79 Å². The molecule has 0 fully saturated rings. The van der Waals surface area contributed by atoms with Gasteiger partial charge in [-0.2, -0.15) is 0 Å². The minimum absolute atomic E-state index is 0.0359. The molecule has 0 amide bonds. The van der Waals surface area contributed by atoms with Crippen molar-refractivity contribution >= 4 is 51.0 Å². The van der Waals surface area contributed by atoms with Gasteiger partial charge in [-0.1, -0.05) is 45.2 Å². The van der Waals surface area contributed by atoms with Crippen LogP contribution in [0.15, 0.2) is 20.3 Å². The average molecular weight is 334 g/mol. The van der Waals surface area contributed by atoms with Crippen LogP contribution in [0.5, 0.6) is 0 Å². The maximum Gasteiger partial charge on any atom is 0.179 e. The Morgan fingerprint density at radius 3 is 1.75 bits per heavy atom. The van der Waals surface area contributed by atoms with Crippen LogP contribution >= 0.6 is 45.2 Å². The van der Waals surface area contributed by atoms with Gasteiger partial charge in [0, 0.05) is 0 Å². The Bertz CT molecular complexity index is 112. The van der Waals surface area contributed by atoms with Crippen LogP contribution in [0.4, 0.5) is 0 Å². The van der Waals surface area contributed by atoms with Crippen molar-refractivity contribution in [1.29, 1.82) is 0 Å². The fraction of sp³-hybridized carbons (Fsp3) is 0. The second-order valence-electron chi connectivity index (χ2n) is 0.988. The highest BCUT2D eigenvalue weighted by Crippen LogP contribution is 1.89. The van der Waals surface area contributed by atoms with Crippen molar-refractivity contribution in [3.05, 3.63) is 20.3 Å². The van der Waals surface area contributed by atoms with Crippen molar-refractivity contribution in [2.24, 2.45) is 0 Å². The van der Waals surface area contributed by atoms with Crippen molar-refractivity contribution in [2.75, 3.05) is 0 Å². The summed E-state index contributed by atoms with van der Waals surface area (Å²) in [7, 11) is 0. The molecule has 0 aromatic rings. The zero-order valence-corrected chi connectivity index (χ0v) is 8.29. The molecule has 0 aromatic heterocycles. The number of ketones is 1. The summed E-state index contributed by atoms with van der Waals surface area (Å²) in [6.45, 7) is 0. The summed E-state index contributed by atoms with van der Waals surface area (Å²) in [5.74, 6) is 0.0359. The smallest absolute Gasteiger partial charge is 0.179 e. The minimum Gasteiger partial charge on any atom is -0.290 e. The molecule has 0 bridgehead atoms. The number of carbonyl (C=O) groups excluding carboxylic acids is 1. The van der Waals surface area contributed by atoms with E-state index in [9.17, 15) is 4.79 Å². The van der Waals surface area contributed by atoms with E-state index in [1.807, 2.05) is 45.2 Å². The summed E-state index contributed by atoms with van der Waals surface area (Å²) in [5, 5.41) is 0. The Hall–Kier alpha value is 0.610. The Morgan fingerprint density at radius 2 is 1.50 bits per heavy atom.